The lowest BCUT2D eigenvalue weighted by molar-refractivity contribution is -0.144. The topological polar surface area (TPSA) is 110 Å². The number of allylic oxidation sites excluding steroid dienone is 1. The van der Waals surface area contributed by atoms with Crippen LogP contribution in [-0.2, 0) is 14.1 Å². The fraction of sp³-hybridized carbons (Fsp3) is 0.667. The molecule has 0 aliphatic carbocycles. The normalized spacial score (nSPS) is 14.7. The van der Waals surface area contributed by atoms with Crippen LogP contribution >= 0.6 is 7.60 Å². The molecule has 0 aromatic rings. The predicted octanol–water partition coefficient (Wildman–Crippen LogP) is 0.739. The number of esters is 1. The van der Waals surface area contributed by atoms with Gasteiger partial charge in [0.05, 0.1) is 6.61 Å². The molecule has 0 bridgehead atoms. The molecule has 0 spiro atoms. The third kappa shape index (κ3) is 5.42. The van der Waals surface area contributed by atoms with Gasteiger partial charge in [-0.25, -0.2) is 0 Å². The van der Waals surface area contributed by atoms with Gasteiger partial charge in [0.15, 0.2) is 0 Å². The lowest BCUT2D eigenvalue weighted by Crippen LogP contribution is -2.32. The van der Waals surface area contributed by atoms with E-state index < -0.39 is 19.6 Å². The monoisotopic (exact) mass is 251 g/mol. The van der Waals surface area contributed by atoms with Crippen LogP contribution in [0.25, 0.3) is 0 Å². The van der Waals surface area contributed by atoms with Crippen molar-refractivity contribution in [3.8, 4) is 0 Å². The van der Waals surface area contributed by atoms with E-state index in [4.69, 9.17) is 15.5 Å². The largest absolute Gasteiger partial charge is 0.465 e. The summed E-state index contributed by atoms with van der Waals surface area (Å²) in [6, 6.07) is -1.04. The summed E-state index contributed by atoms with van der Waals surface area (Å²) in [6.07, 6.45) is 1.67. The number of rotatable bonds is 6. The van der Waals surface area contributed by atoms with Crippen LogP contribution in [0.5, 0.6) is 0 Å². The van der Waals surface area contributed by atoms with Crippen molar-refractivity contribution in [2.45, 2.75) is 32.7 Å². The Balaban J connectivity index is 4.60. The summed E-state index contributed by atoms with van der Waals surface area (Å²) >= 11 is 0. The average Bonchev–Trinajstić information content (AvgIpc) is 2.15. The summed E-state index contributed by atoms with van der Waals surface area (Å²) in [5.74, 6) is -0.655. The van der Waals surface area contributed by atoms with Gasteiger partial charge >= 0.3 is 13.6 Å². The van der Waals surface area contributed by atoms with Crippen molar-refractivity contribution in [3.63, 3.8) is 0 Å². The first-order valence-electron chi connectivity index (χ1n) is 5.00. The molecule has 16 heavy (non-hydrogen) atoms. The van der Waals surface area contributed by atoms with E-state index in [0.717, 1.165) is 0 Å². The smallest absolute Gasteiger partial charge is 0.351 e. The molecule has 0 aromatic heterocycles. The third-order valence-corrected chi connectivity index (χ3v) is 2.95. The van der Waals surface area contributed by atoms with Crippen LogP contribution in [0.15, 0.2) is 11.4 Å². The molecule has 6 nitrogen and oxygen atoms in total. The zero-order valence-corrected chi connectivity index (χ0v) is 10.3. The molecule has 0 heterocycles. The van der Waals surface area contributed by atoms with Gasteiger partial charge in [-0.2, -0.15) is 0 Å². The van der Waals surface area contributed by atoms with Gasteiger partial charge in [-0.3, -0.25) is 9.36 Å². The van der Waals surface area contributed by atoms with E-state index in [9.17, 15) is 9.36 Å². The minimum Gasteiger partial charge on any atom is -0.465 e. The van der Waals surface area contributed by atoms with Crippen molar-refractivity contribution in [2.75, 3.05) is 6.61 Å². The van der Waals surface area contributed by atoms with E-state index in [0.29, 0.717) is 6.42 Å². The molecule has 4 N–H and O–H groups in total. The molecule has 0 rings (SSSR count). The Kier molecular flexibility index (Phi) is 6.52. The SMILES string of the molecule is CC/C=C(/C[C@H](N)C(=O)OCC)P(=O)(O)O. The van der Waals surface area contributed by atoms with Gasteiger partial charge in [-0.15, -0.1) is 0 Å². The lowest BCUT2D eigenvalue weighted by Gasteiger charge is -2.14. The van der Waals surface area contributed by atoms with Crippen molar-refractivity contribution in [1.29, 1.82) is 0 Å². The maximum absolute atomic E-state index is 11.2. The molecule has 0 aliphatic rings. The lowest BCUT2D eigenvalue weighted by atomic mass is 10.2. The molecule has 94 valence electrons. The number of nitrogens with two attached hydrogens (primary N) is 1. The second kappa shape index (κ2) is 6.81. The second-order valence-corrected chi connectivity index (χ2v) is 4.87. The van der Waals surface area contributed by atoms with Crippen LogP contribution in [0.2, 0.25) is 0 Å². The highest BCUT2D eigenvalue weighted by Crippen LogP contribution is 2.47. The average molecular weight is 251 g/mol. The molecular formula is C9H18NO5P. The molecule has 1 atom stereocenters. The zero-order valence-electron chi connectivity index (χ0n) is 9.42. The van der Waals surface area contributed by atoms with Gasteiger partial charge in [0, 0.05) is 11.7 Å². The van der Waals surface area contributed by atoms with Crippen molar-refractivity contribution < 1.29 is 23.9 Å². The van der Waals surface area contributed by atoms with Crippen LogP contribution in [-0.4, -0.2) is 28.4 Å². The van der Waals surface area contributed by atoms with E-state index in [1.165, 1.54) is 6.08 Å². The van der Waals surface area contributed by atoms with E-state index in [-0.39, 0.29) is 18.3 Å². The number of hydrogen-bond donors (Lipinski definition) is 3. The Morgan fingerprint density at radius 1 is 1.50 bits per heavy atom. The molecule has 0 radical (unpaired) electrons. The first-order valence-corrected chi connectivity index (χ1v) is 6.61. The maximum atomic E-state index is 11.2. The fourth-order valence-corrected chi connectivity index (χ4v) is 1.97. The highest BCUT2D eigenvalue weighted by molar-refractivity contribution is 7.56. The molecule has 0 aliphatic heterocycles. The minimum atomic E-state index is -4.33. The summed E-state index contributed by atoms with van der Waals surface area (Å²) in [7, 11) is -4.33. The van der Waals surface area contributed by atoms with Crippen molar-refractivity contribution in [2.24, 2.45) is 5.73 Å². The van der Waals surface area contributed by atoms with Crippen LogP contribution in [0, 0.1) is 0 Å². The summed E-state index contributed by atoms with van der Waals surface area (Å²) < 4.78 is 15.7. The molecule has 0 amide bonds. The van der Waals surface area contributed by atoms with Gasteiger partial charge in [0.2, 0.25) is 0 Å². The summed E-state index contributed by atoms with van der Waals surface area (Å²) in [5, 5.41) is -0.115. The Bertz CT molecular complexity index is 309. The quantitative estimate of drug-likeness (QED) is 0.474. The Labute approximate surface area is 94.6 Å². The van der Waals surface area contributed by atoms with Crippen molar-refractivity contribution >= 4 is 13.6 Å². The molecule has 0 saturated heterocycles. The second-order valence-electron chi connectivity index (χ2n) is 3.21. The Morgan fingerprint density at radius 2 is 2.06 bits per heavy atom. The number of ether oxygens (including phenoxy) is 1. The summed E-state index contributed by atoms with van der Waals surface area (Å²) in [5.41, 5.74) is 5.47. The first-order chi connectivity index (χ1) is 7.32. The van der Waals surface area contributed by atoms with Crippen LogP contribution in [0.3, 0.4) is 0 Å². The first kappa shape index (κ1) is 15.3. The van der Waals surface area contributed by atoms with E-state index >= 15 is 0 Å². The Morgan fingerprint density at radius 3 is 2.44 bits per heavy atom. The molecular weight excluding hydrogens is 233 g/mol. The van der Waals surface area contributed by atoms with Crippen molar-refractivity contribution in [3.05, 3.63) is 11.4 Å². The number of hydrogen-bond acceptors (Lipinski definition) is 4. The molecule has 0 fully saturated rings. The molecule has 7 heteroatoms. The Hall–Kier alpha value is -0.680. The summed E-state index contributed by atoms with van der Waals surface area (Å²) in [4.78, 5) is 29.2. The minimum absolute atomic E-state index is 0.115. The standard InChI is InChI=1S/C9H18NO5P/c1-3-5-7(16(12,13)14)6-8(10)9(11)15-4-2/h5,8H,3-4,6,10H2,1-2H3,(H2,12,13,14)/b7-5-/t8-/m0/s1. The number of carbonyl (C=O) groups is 1. The summed E-state index contributed by atoms with van der Waals surface area (Å²) in [6.45, 7) is 3.57. The molecule has 0 aromatic carbocycles. The van der Waals surface area contributed by atoms with Gasteiger partial charge < -0.3 is 20.3 Å². The van der Waals surface area contributed by atoms with E-state index in [1.807, 2.05) is 0 Å². The third-order valence-electron chi connectivity index (χ3n) is 1.83. The van der Waals surface area contributed by atoms with Crippen LogP contribution < -0.4 is 5.73 Å². The van der Waals surface area contributed by atoms with Crippen molar-refractivity contribution in [1.82, 2.24) is 0 Å². The van der Waals surface area contributed by atoms with Gasteiger partial charge in [-0.1, -0.05) is 13.0 Å². The highest BCUT2D eigenvalue weighted by Gasteiger charge is 2.26. The number of carbonyl (C=O) groups excluding carboxylic acids is 1. The van der Waals surface area contributed by atoms with E-state index in [1.54, 1.807) is 13.8 Å². The molecule has 0 unspecified atom stereocenters. The molecule has 0 saturated carbocycles. The van der Waals surface area contributed by atoms with E-state index in [2.05, 4.69) is 4.74 Å². The highest BCUT2D eigenvalue weighted by atomic mass is 31.2. The van der Waals surface area contributed by atoms with Crippen LogP contribution in [0.1, 0.15) is 26.7 Å². The fourth-order valence-electron chi connectivity index (χ4n) is 1.11. The predicted molar refractivity (Wildman–Crippen MR) is 59.6 cm³/mol. The van der Waals surface area contributed by atoms with Gasteiger partial charge in [-0.05, 0) is 13.3 Å². The maximum Gasteiger partial charge on any atom is 0.351 e. The van der Waals surface area contributed by atoms with Gasteiger partial charge in [0.1, 0.15) is 6.04 Å². The zero-order chi connectivity index (χ0) is 12.8. The van der Waals surface area contributed by atoms with Gasteiger partial charge in [0.25, 0.3) is 0 Å². The van der Waals surface area contributed by atoms with Crippen LogP contribution in [0.4, 0.5) is 0 Å².